The molecule has 0 saturated carbocycles. The van der Waals surface area contributed by atoms with Gasteiger partial charge in [-0.15, -0.1) is 0 Å². The standard InChI is InChI=1S/C15H14ClN5O3S/c16-9-1-3-10(4-2-9)21-11(7-12(22)20-15(21)24)19-13(23)8-25-14-17-5-6-18-14/h1-4,7H,5-6,8H2,(H,17,18)(H,19,23)(H,20,22,24). The summed E-state index contributed by atoms with van der Waals surface area (Å²) in [5, 5.41) is 6.86. The van der Waals surface area contributed by atoms with E-state index in [1.54, 1.807) is 24.3 Å². The van der Waals surface area contributed by atoms with Crippen molar-refractivity contribution in [3.8, 4) is 5.69 Å². The van der Waals surface area contributed by atoms with E-state index in [2.05, 4.69) is 20.6 Å². The maximum absolute atomic E-state index is 12.2. The van der Waals surface area contributed by atoms with E-state index in [1.165, 1.54) is 16.3 Å². The summed E-state index contributed by atoms with van der Waals surface area (Å²) >= 11 is 7.12. The van der Waals surface area contributed by atoms with E-state index in [4.69, 9.17) is 11.6 Å². The van der Waals surface area contributed by atoms with Crippen LogP contribution in [0.3, 0.4) is 0 Å². The van der Waals surface area contributed by atoms with Crippen LogP contribution in [0.2, 0.25) is 5.02 Å². The number of halogens is 1. The highest BCUT2D eigenvalue weighted by atomic mass is 35.5. The Labute approximate surface area is 151 Å². The molecule has 0 atom stereocenters. The predicted molar refractivity (Wildman–Crippen MR) is 99.1 cm³/mol. The van der Waals surface area contributed by atoms with E-state index in [9.17, 15) is 14.4 Å². The quantitative estimate of drug-likeness (QED) is 0.728. The molecule has 3 rings (SSSR count). The molecule has 8 nitrogen and oxygen atoms in total. The minimum atomic E-state index is -0.653. The lowest BCUT2D eigenvalue weighted by molar-refractivity contribution is -0.113. The Bertz CT molecular complexity index is 935. The van der Waals surface area contributed by atoms with Gasteiger partial charge in [0.25, 0.3) is 5.56 Å². The number of hydrogen-bond donors (Lipinski definition) is 3. The van der Waals surface area contributed by atoms with Gasteiger partial charge in [-0.1, -0.05) is 23.4 Å². The minimum Gasteiger partial charge on any atom is -0.363 e. The first-order chi connectivity index (χ1) is 12.0. The number of carbonyl (C=O) groups excluding carboxylic acids is 1. The molecule has 2 heterocycles. The number of nitrogens with zero attached hydrogens (tertiary/aromatic N) is 2. The molecule has 1 aromatic carbocycles. The number of aromatic amines is 1. The summed E-state index contributed by atoms with van der Waals surface area (Å²) in [6, 6.07) is 7.61. The molecule has 0 spiro atoms. The Morgan fingerprint density at radius 3 is 2.76 bits per heavy atom. The van der Waals surface area contributed by atoms with Crippen LogP contribution in [0.15, 0.2) is 44.9 Å². The number of thioether (sulfide) groups is 1. The Hall–Kier alpha value is -2.52. The van der Waals surface area contributed by atoms with Crippen LogP contribution in [0.1, 0.15) is 0 Å². The Morgan fingerprint density at radius 1 is 1.32 bits per heavy atom. The van der Waals surface area contributed by atoms with Gasteiger partial charge in [0.05, 0.1) is 18.0 Å². The van der Waals surface area contributed by atoms with E-state index in [-0.39, 0.29) is 17.5 Å². The number of amidine groups is 1. The molecule has 0 unspecified atom stereocenters. The molecule has 0 fully saturated rings. The van der Waals surface area contributed by atoms with Crippen LogP contribution in [-0.4, -0.2) is 39.5 Å². The lowest BCUT2D eigenvalue weighted by atomic mass is 10.3. The summed E-state index contributed by atoms with van der Waals surface area (Å²) < 4.78 is 1.20. The number of anilines is 1. The van der Waals surface area contributed by atoms with E-state index in [1.807, 2.05) is 0 Å². The number of hydrogen-bond acceptors (Lipinski definition) is 6. The van der Waals surface area contributed by atoms with Crippen LogP contribution in [0.5, 0.6) is 0 Å². The summed E-state index contributed by atoms with van der Waals surface area (Å²) in [6.07, 6.45) is 0. The first-order valence-electron chi connectivity index (χ1n) is 7.36. The Balaban J connectivity index is 1.84. The largest absolute Gasteiger partial charge is 0.363 e. The molecule has 3 N–H and O–H groups in total. The number of aliphatic imine (C=N–C) groups is 1. The molecule has 0 radical (unpaired) electrons. The molecule has 1 aromatic heterocycles. The summed E-state index contributed by atoms with van der Waals surface area (Å²) in [5.41, 5.74) is -0.782. The molecule has 0 bridgehead atoms. The third-order valence-corrected chi connectivity index (χ3v) is 4.48. The SMILES string of the molecule is O=C(CSC1=NCCN1)Nc1cc(=O)[nH]c(=O)n1-c1ccc(Cl)cc1. The Morgan fingerprint density at radius 2 is 2.08 bits per heavy atom. The van der Waals surface area contributed by atoms with Crippen molar-refractivity contribution in [2.24, 2.45) is 4.99 Å². The average Bonchev–Trinajstić information content (AvgIpc) is 3.07. The molecule has 1 aliphatic rings. The monoisotopic (exact) mass is 379 g/mol. The van der Waals surface area contributed by atoms with Crippen LogP contribution in [0, 0.1) is 0 Å². The van der Waals surface area contributed by atoms with Gasteiger partial charge < -0.3 is 10.6 Å². The zero-order valence-corrected chi connectivity index (χ0v) is 14.5. The maximum atomic E-state index is 12.2. The minimum absolute atomic E-state index is 0.0861. The molecule has 130 valence electrons. The molecular weight excluding hydrogens is 366 g/mol. The zero-order valence-electron chi connectivity index (χ0n) is 12.9. The van der Waals surface area contributed by atoms with Gasteiger partial charge in [0.2, 0.25) is 5.91 Å². The molecule has 0 saturated heterocycles. The van der Waals surface area contributed by atoms with Crippen molar-refractivity contribution in [3.05, 3.63) is 56.2 Å². The number of carbonyl (C=O) groups is 1. The Kier molecular flexibility index (Phi) is 5.25. The van der Waals surface area contributed by atoms with Gasteiger partial charge >= 0.3 is 5.69 Å². The van der Waals surface area contributed by atoms with Gasteiger partial charge in [-0.2, -0.15) is 0 Å². The summed E-state index contributed by atoms with van der Waals surface area (Å²) in [7, 11) is 0. The molecular formula is C15H14ClN5O3S. The smallest absolute Gasteiger partial charge is 0.334 e. The third kappa shape index (κ3) is 4.31. The maximum Gasteiger partial charge on any atom is 0.334 e. The van der Waals surface area contributed by atoms with Gasteiger partial charge in [-0.3, -0.25) is 19.6 Å². The van der Waals surface area contributed by atoms with Crippen LogP contribution < -0.4 is 21.9 Å². The highest BCUT2D eigenvalue weighted by molar-refractivity contribution is 8.14. The van der Waals surface area contributed by atoms with Crippen molar-refractivity contribution < 1.29 is 4.79 Å². The normalized spacial score (nSPS) is 13.2. The van der Waals surface area contributed by atoms with E-state index >= 15 is 0 Å². The van der Waals surface area contributed by atoms with Crippen molar-refractivity contribution in [1.82, 2.24) is 14.9 Å². The highest BCUT2D eigenvalue weighted by Crippen LogP contribution is 2.15. The van der Waals surface area contributed by atoms with E-state index in [0.717, 1.165) is 12.6 Å². The van der Waals surface area contributed by atoms with Crippen LogP contribution in [-0.2, 0) is 4.79 Å². The molecule has 1 amide bonds. The van der Waals surface area contributed by atoms with Crippen molar-refractivity contribution in [1.29, 1.82) is 0 Å². The van der Waals surface area contributed by atoms with Gasteiger partial charge in [0, 0.05) is 17.6 Å². The zero-order chi connectivity index (χ0) is 17.8. The predicted octanol–water partition coefficient (Wildman–Crippen LogP) is 0.810. The third-order valence-electron chi connectivity index (χ3n) is 3.28. The number of aromatic nitrogens is 2. The molecule has 2 aromatic rings. The number of H-pyrrole nitrogens is 1. The molecule has 25 heavy (non-hydrogen) atoms. The average molecular weight is 380 g/mol. The number of rotatable bonds is 4. The van der Waals surface area contributed by atoms with Gasteiger partial charge in [0.1, 0.15) is 5.82 Å². The summed E-state index contributed by atoms with van der Waals surface area (Å²) in [5.74, 6) is -0.162. The molecule has 10 heteroatoms. The fraction of sp³-hybridized carbons (Fsp3) is 0.200. The summed E-state index contributed by atoms with van der Waals surface area (Å²) in [6.45, 7) is 1.45. The lowest BCUT2D eigenvalue weighted by Gasteiger charge is -2.13. The fourth-order valence-electron chi connectivity index (χ4n) is 2.22. The van der Waals surface area contributed by atoms with Gasteiger partial charge in [-0.25, -0.2) is 9.36 Å². The van der Waals surface area contributed by atoms with Crippen molar-refractivity contribution in [3.63, 3.8) is 0 Å². The second-order valence-electron chi connectivity index (χ2n) is 5.09. The van der Waals surface area contributed by atoms with Gasteiger partial charge in [-0.05, 0) is 24.3 Å². The molecule has 0 aliphatic carbocycles. The highest BCUT2D eigenvalue weighted by Gasteiger charge is 2.13. The molecule has 1 aliphatic heterocycles. The number of amides is 1. The van der Waals surface area contributed by atoms with Crippen molar-refractivity contribution in [2.45, 2.75) is 0 Å². The van der Waals surface area contributed by atoms with Crippen LogP contribution in [0.25, 0.3) is 5.69 Å². The second-order valence-corrected chi connectivity index (χ2v) is 6.49. The van der Waals surface area contributed by atoms with Crippen molar-refractivity contribution >= 4 is 40.3 Å². The van der Waals surface area contributed by atoms with Crippen LogP contribution in [0.4, 0.5) is 5.82 Å². The van der Waals surface area contributed by atoms with E-state index < -0.39 is 11.2 Å². The topological polar surface area (TPSA) is 108 Å². The lowest BCUT2D eigenvalue weighted by Crippen LogP contribution is -2.32. The summed E-state index contributed by atoms with van der Waals surface area (Å²) in [4.78, 5) is 42.3. The van der Waals surface area contributed by atoms with Crippen molar-refractivity contribution in [2.75, 3.05) is 24.2 Å². The first kappa shape index (κ1) is 17.3. The van der Waals surface area contributed by atoms with Crippen LogP contribution >= 0.6 is 23.4 Å². The second kappa shape index (κ2) is 7.58. The number of nitrogens with one attached hydrogen (secondary N) is 3. The fourth-order valence-corrected chi connectivity index (χ4v) is 3.07. The number of benzene rings is 1. The first-order valence-corrected chi connectivity index (χ1v) is 8.72. The van der Waals surface area contributed by atoms with Gasteiger partial charge in [0.15, 0.2) is 5.17 Å². The van der Waals surface area contributed by atoms with E-state index in [0.29, 0.717) is 22.4 Å².